The molecule has 0 atom stereocenters. The predicted molar refractivity (Wildman–Crippen MR) is 56.1 cm³/mol. The van der Waals surface area contributed by atoms with Crippen molar-refractivity contribution in [2.24, 2.45) is 0 Å². The van der Waals surface area contributed by atoms with Crippen LogP contribution in [0.25, 0.3) is 10.1 Å². The summed E-state index contributed by atoms with van der Waals surface area (Å²) in [6.07, 6.45) is -2.50. The summed E-state index contributed by atoms with van der Waals surface area (Å²) in [5.74, 6) is 0. The molecule has 0 amide bonds. The van der Waals surface area contributed by atoms with Gasteiger partial charge in [-0.05, 0) is 27.4 Å². The molecular formula is C9H5BrF2OS. The molecule has 0 bridgehead atoms. The molecule has 0 aliphatic heterocycles. The van der Waals surface area contributed by atoms with Crippen molar-refractivity contribution >= 4 is 37.4 Å². The van der Waals surface area contributed by atoms with E-state index >= 15 is 0 Å². The number of alkyl halides is 2. The largest absolute Gasteiger partial charge is 0.499 e. The Kier molecular flexibility index (Phi) is 2.45. The number of rotatable bonds is 1. The van der Waals surface area contributed by atoms with Crippen LogP contribution in [0.2, 0.25) is 0 Å². The fourth-order valence-electron chi connectivity index (χ4n) is 1.24. The molecule has 2 aromatic rings. The molecule has 14 heavy (non-hydrogen) atoms. The van der Waals surface area contributed by atoms with Gasteiger partial charge >= 0.3 is 0 Å². The normalized spacial score (nSPS) is 11.4. The smallest absolute Gasteiger partial charge is 0.264 e. The van der Waals surface area contributed by atoms with E-state index in [1.165, 1.54) is 6.07 Å². The third kappa shape index (κ3) is 1.50. The zero-order valence-electron chi connectivity index (χ0n) is 6.80. The average molecular weight is 279 g/mol. The SMILES string of the molecule is Oc1cc2ccc(C(F)F)c(Br)c2s1. The molecule has 1 heterocycles. The van der Waals surface area contributed by atoms with Gasteiger partial charge in [0.25, 0.3) is 6.43 Å². The number of benzene rings is 1. The molecule has 0 saturated carbocycles. The molecule has 5 heteroatoms. The molecule has 0 saturated heterocycles. The summed E-state index contributed by atoms with van der Waals surface area (Å²) in [5.41, 5.74) is -0.0423. The van der Waals surface area contributed by atoms with Crippen LogP contribution in [0.3, 0.4) is 0 Å². The molecule has 0 spiro atoms. The monoisotopic (exact) mass is 278 g/mol. The highest BCUT2D eigenvalue weighted by atomic mass is 79.9. The highest BCUT2D eigenvalue weighted by Gasteiger charge is 2.15. The Morgan fingerprint density at radius 1 is 1.36 bits per heavy atom. The van der Waals surface area contributed by atoms with E-state index in [1.807, 2.05) is 0 Å². The van der Waals surface area contributed by atoms with Crippen molar-refractivity contribution in [3.8, 4) is 5.06 Å². The number of fused-ring (bicyclic) bond motifs is 1. The van der Waals surface area contributed by atoms with Gasteiger partial charge in [0.05, 0.1) is 4.70 Å². The maximum Gasteiger partial charge on any atom is 0.264 e. The van der Waals surface area contributed by atoms with Gasteiger partial charge in [0, 0.05) is 10.0 Å². The maximum absolute atomic E-state index is 12.5. The second-order valence-corrected chi connectivity index (χ2v) is 4.60. The second kappa shape index (κ2) is 3.47. The Morgan fingerprint density at radius 2 is 2.07 bits per heavy atom. The number of thiophene rings is 1. The van der Waals surface area contributed by atoms with E-state index in [0.29, 0.717) is 9.17 Å². The molecule has 1 N–H and O–H groups in total. The van der Waals surface area contributed by atoms with Crippen LogP contribution in [0.5, 0.6) is 5.06 Å². The third-order valence-corrected chi connectivity index (χ3v) is 3.97. The lowest BCUT2D eigenvalue weighted by Crippen LogP contribution is -1.84. The summed E-state index contributed by atoms with van der Waals surface area (Å²) in [7, 11) is 0. The minimum absolute atomic E-state index is 0.0423. The van der Waals surface area contributed by atoms with E-state index in [1.54, 1.807) is 12.1 Å². The highest BCUT2D eigenvalue weighted by Crippen LogP contribution is 2.40. The fraction of sp³-hybridized carbons (Fsp3) is 0.111. The van der Waals surface area contributed by atoms with Crippen LogP contribution in [-0.2, 0) is 0 Å². The van der Waals surface area contributed by atoms with Gasteiger partial charge in [0.1, 0.15) is 0 Å². The minimum atomic E-state index is -2.50. The third-order valence-electron chi connectivity index (χ3n) is 1.88. The van der Waals surface area contributed by atoms with Gasteiger partial charge in [0.15, 0.2) is 5.06 Å². The van der Waals surface area contributed by atoms with Gasteiger partial charge in [-0.15, -0.1) is 0 Å². The molecule has 0 aliphatic rings. The first kappa shape index (κ1) is 9.86. The molecule has 2 rings (SSSR count). The molecule has 0 radical (unpaired) electrons. The Hall–Kier alpha value is -0.680. The quantitative estimate of drug-likeness (QED) is 0.824. The molecule has 1 nitrogen and oxygen atoms in total. The number of aromatic hydroxyl groups is 1. The number of halogens is 3. The Balaban J connectivity index is 2.74. The summed E-state index contributed by atoms with van der Waals surface area (Å²) in [6, 6.07) is 4.50. The standard InChI is InChI=1S/C9H5BrF2OS/c10-7-5(9(11)12)2-1-4-3-6(13)14-8(4)7/h1-3,9,13H. The predicted octanol–water partition coefficient (Wildman–Crippen LogP) is 4.31. The summed E-state index contributed by atoms with van der Waals surface area (Å²) in [5, 5.41) is 10.1. The Labute approximate surface area is 91.1 Å². The van der Waals surface area contributed by atoms with Crippen molar-refractivity contribution in [2.75, 3.05) is 0 Å². The van der Waals surface area contributed by atoms with Crippen LogP contribution in [-0.4, -0.2) is 5.11 Å². The zero-order valence-corrected chi connectivity index (χ0v) is 9.20. The van der Waals surface area contributed by atoms with Crippen LogP contribution >= 0.6 is 27.3 Å². The van der Waals surface area contributed by atoms with E-state index in [2.05, 4.69) is 15.9 Å². The van der Waals surface area contributed by atoms with Gasteiger partial charge in [-0.25, -0.2) is 8.78 Å². The second-order valence-electron chi connectivity index (χ2n) is 2.77. The van der Waals surface area contributed by atoms with E-state index in [-0.39, 0.29) is 10.6 Å². The zero-order chi connectivity index (χ0) is 10.3. The van der Waals surface area contributed by atoms with E-state index < -0.39 is 6.43 Å². The van der Waals surface area contributed by atoms with Crippen molar-refractivity contribution in [2.45, 2.75) is 6.43 Å². The van der Waals surface area contributed by atoms with Gasteiger partial charge in [-0.1, -0.05) is 23.5 Å². The summed E-state index contributed by atoms with van der Waals surface area (Å²) in [4.78, 5) is 0. The Bertz CT molecular complexity index is 481. The van der Waals surface area contributed by atoms with Crippen molar-refractivity contribution < 1.29 is 13.9 Å². The molecule has 1 aromatic heterocycles. The van der Waals surface area contributed by atoms with Crippen LogP contribution in [0.1, 0.15) is 12.0 Å². The van der Waals surface area contributed by atoms with Crippen molar-refractivity contribution in [1.29, 1.82) is 0 Å². The lowest BCUT2D eigenvalue weighted by Gasteiger charge is -2.02. The van der Waals surface area contributed by atoms with Crippen molar-refractivity contribution in [3.63, 3.8) is 0 Å². The Morgan fingerprint density at radius 3 is 2.71 bits per heavy atom. The van der Waals surface area contributed by atoms with Crippen LogP contribution in [0.4, 0.5) is 8.78 Å². The van der Waals surface area contributed by atoms with Gasteiger partial charge in [-0.2, -0.15) is 0 Å². The average Bonchev–Trinajstić information content (AvgIpc) is 2.46. The first-order valence-electron chi connectivity index (χ1n) is 3.78. The lowest BCUT2D eigenvalue weighted by molar-refractivity contribution is 0.151. The summed E-state index contributed by atoms with van der Waals surface area (Å²) in [6.45, 7) is 0. The summed E-state index contributed by atoms with van der Waals surface area (Å²) < 4.78 is 26.0. The van der Waals surface area contributed by atoms with Crippen molar-refractivity contribution in [3.05, 3.63) is 28.2 Å². The molecular weight excluding hydrogens is 274 g/mol. The number of hydrogen-bond donors (Lipinski definition) is 1. The van der Waals surface area contributed by atoms with Crippen molar-refractivity contribution in [1.82, 2.24) is 0 Å². The number of hydrogen-bond acceptors (Lipinski definition) is 2. The molecule has 0 fully saturated rings. The molecule has 1 aromatic carbocycles. The van der Waals surface area contributed by atoms with Crippen LogP contribution in [0.15, 0.2) is 22.7 Å². The van der Waals surface area contributed by atoms with E-state index in [0.717, 1.165) is 16.7 Å². The highest BCUT2D eigenvalue weighted by molar-refractivity contribution is 9.10. The van der Waals surface area contributed by atoms with E-state index in [9.17, 15) is 13.9 Å². The van der Waals surface area contributed by atoms with Gasteiger partial charge < -0.3 is 5.11 Å². The van der Waals surface area contributed by atoms with Crippen LogP contribution < -0.4 is 0 Å². The first-order chi connectivity index (χ1) is 6.59. The van der Waals surface area contributed by atoms with Gasteiger partial charge in [0.2, 0.25) is 0 Å². The topological polar surface area (TPSA) is 20.2 Å². The minimum Gasteiger partial charge on any atom is -0.499 e. The molecule has 0 aliphatic carbocycles. The van der Waals surface area contributed by atoms with Gasteiger partial charge in [-0.3, -0.25) is 0 Å². The van der Waals surface area contributed by atoms with E-state index in [4.69, 9.17) is 0 Å². The lowest BCUT2D eigenvalue weighted by atomic mass is 10.2. The van der Waals surface area contributed by atoms with Crippen LogP contribution in [0, 0.1) is 0 Å². The maximum atomic E-state index is 12.5. The first-order valence-corrected chi connectivity index (χ1v) is 5.39. The summed E-state index contributed by atoms with van der Waals surface area (Å²) >= 11 is 4.20. The fourth-order valence-corrected chi connectivity index (χ4v) is 2.86. The molecule has 0 unspecified atom stereocenters. The molecule has 74 valence electrons.